The minimum Gasteiger partial charge on any atom is -0.354 e. The minimum absolute atomic E-state index is 1.01. The van der Waals surface area contributed by atoms with E-state index in [9.17, 15) is 0 Å². The summed E-state index contributed by atoms with van der Waals surface area (Å²) in [6.45, 7) is 5.26. The van der Waals surface area contributed by atoms with Crippen LogP contribution in [0.25, 0.3) is 0 Å². The third kappa shape index (κ3) is 3.09. The van der Waals surface area contributed by atoms with Gasteiger partial charge in [-0.25, -0.2) is 4.98 Å². The summed E-state index contributed by atoms with van der Waals surface area (Å²) in [5.74, 6) is 1.09. The predicted octanol–water partition coefficient (Wildman–Crippen LogP) is 1.80. The van der Waals surface area contributed by atoms with Gasteiger partial charge in [-0.15, -0.1) is 0 Å². The van der Waals surface area contributed by atoms with Crippen LogP contribution in [0.15, 0.2) is 48.9 Å². The zero-order chi connectivity index (χ0) is 12.9. The van der Waals surface area contributed by atoms with Crippen molar-refractivity contribution >= 4 is 5.82 Å². The van der Waals surface area contributed by atoms with E-state index < -0.39 is 0 Å². The first-order chi connectivity index (χ1) is 9.42. The maximum atomic E-state index is 4.41. The van der Waals surface area contributed by atoms with Crippen LogP contribution in [0.2, 0.25) is 0 Å². The summed E-state index contributed by atoms with van der Waals surface area (Å²) >= 11 is 0. The lowest BCUT2D eigenvalue weighted by Gasteiger charge is -2.35. The molecule has 2 aromatic heterocycles. The van der Waals surface area contributed by atoms with Crippen molar-refractivity contribution < 1.29 is 0 Å². The largest absolute Gasteiger partial charge is 0.354 e. The van der Waals surface area contributed by atoms with E-state index in [-0.39, 0.29) is 0 Å². The molecule has 0 aliphatic carbocycles. The quantitative estimate of drug-likeness (QED) is 0.836. The van der Waals surface area contributed by atoms with E-state index in [1.807, 2.05) is 30.7 Å². The van der Waals surface area contributed by atoms with Gasteiger partial charge < -0.3 is 4.90 Å². The van der Waals surface area contributed by atoms with Crippen LogP contribution in [-0.4, -0.2) is 41.0 Å². The first-order valence-corrected chi connectivity index (χ1v) is 6.69. The smallest absolute Gasteiger partial charge is 0.128 e. The molecular formula is C15H18N4. The Bertz CT molecular complexity index is 492. The zero-order valence-electron chi connectivity index (χ0n) is 10.9. The molecule has 4 heteroatoms. The molecular weight excluding hydrogens is 236 g/mol. The number of rotatable bonds is 3. The van der Waals surface area contributed by atoms with Crippen LogP contribution in [0.1, 0.15) is 5.56 Å². The lowest BCUT2D eigenvalue weighted by Crippen LogP contribution is -2.46. The van der Waals surface area contributed by atoms with Crippen LogP contribution in [0.4, 0.5) is 5.82 Å². The van der Waals surface area contributed by atoms with Crippen LogP contribution in [0.5, 0.6) is 0 Å². The van der Waals surface area contributed by atoms with E-state index in [1.165, 1.54) is 5.56 Å². The van der Waals surface area contributed by atoms with Gasteiger partial charge in [-0.1, -0.05) is 6.07 Å². The lowest BCUT2D eigenvalue weighted by atomic mass is 10.2. The zero-order valence-corrected chi connectivity index (χ0v) is 10.9. The molecule has 1 aliphatic rings. The van der Waals surface area contributed by atoms with Gasteiger partial charge in [0.1, 0.15) is 5.82 Å². The maximum absolute atomic E-state index is 4.41. The Morgan fingerprint density at radius 1 is 0.895 bits per heavy atom. The lowest BCUT2D eigenvalue weighted by molar-refractivity contribution is 0.249. The van der Waals surface area contributed by atoms with Gasteiger partial charge in [-0.2, -0.15) is 0 Å². The second-order valence-corrected chi connectivity index (χ2v) is 4.81. The normalized spacial score (nSPS) is 16.5. The van der Waals surface area contributed by atoms with E-state index in [2.05, 4.69) is 38.0 Å². The molecule has 4 nitrogen and oxygen atoms in total. The monoisotopic (exact) mass is 254 g/mol. The Kier molecular flexibility index (Phi) is 3.70. The highest BCUT2D eigenvalue weighted by Crippen LogP contribution is 2.13. The fourth-order valence-corrected chi connectivity index (χ4v) is 2.42. The first kappa shape index (κ1) is 12.1. The molecule has 0 spiro atoms. The number of hydrogen-bond donors (Lipinski definition) is 0. The first-order valence-electron chi connectivity index (χ1n) is 6.69. The minimum atomic E-state index is 1.01. The molecule has 1 fully saturated rings. The molecule has 2 aromatic rings. The number of anilines is 1. The molecule has 0 saturated carbocycles. The number of piperazine rings is 1. The van der Waals surface area contributed by atoms with Gasteiger partial charge in [0.15, 0.2) is 0 Å². The van der Waals surface area contributed by atoms with Crippen LogP contribution in [-0.2, 0) is 6.54 Å². The van der Waals surface area contributed by atoms with Crippen molar-refractivity contribution in [1.82, 2.24) is 14.9 Å². The van der Waals surface area contributed by atoms with Gasteiger partial charge in [0.2, 0.25) is 0 Å². The Hall–Kier alpha value is -1.94. The van der Waals surface area contributed by atoms with E-state index in [0.717, 1.165) is 38.5 Å². The fraction of sp³-hybridized carbons (Fsp3) is 0.333. The van der Waals surface area contributed by atoms with Gasteiger partial charge in [0.05, 0.1) is 0 Å². The van der Waals surface area contributed by atoms with Crippen molar-refractivity contribution in [2.45, 2.75) is 6.54 Å². The summed E-state index contributed by atoms with van der Waals surface area (Å²) in [6.07, 6.45) is 5.58. The van der Waals surface area contributed by atoms with Crippen LogP contribution in [0.3, 0.4) is 0 Å². The van der Waals surface area contributed by atoms with Gasteiger partial charge in [0, 0.05) is 51.3 Å². The van der Waals surface area contributed by atoms with Crippen LogP contribution < -0.4 is 4.90 Å². The number of nitrogens with zero attached hydrogens (tertiary/aromatic N) is 4. The van der Waals surface area contributed by atoms with Crippen molar-refractivity contribution in [2.24, 2.45) is 0 Å². The molecule has 0 unspecified atom stereocenters. The van der Waals surface area contributed by atoms with E-state index >= 15 is 0 Å². The van der Waals surface area contributed by atoms with E-state index in [1.54, 1.807) is 0 Å². The van der Waals surface area contributed by atoms with E-state index in [4.69, 9.17) is 0 Å². The summed E-state index contributed by atoms with van der Waals surface area (Å²) in [5.41, 5.74) is 1.33. The highest BCUT2D eigenvalue weighted by molar-refractivity contribution is 5.38. The second kappa shape index (κ2) is 5.80. The molecule has 1 aliphatic heterocycles. The summed E-state index contributed by atoms with van der Waals surface area (Å²) in [6, 6.07) is 10.3. The Balaban J connectivity index is 1.55. The molecule has 3 heterocycles. The molecule has 0 radical (unpaired) electrons. The van der Waals surface area contributed by atoms with Crippen molar-refractivity contribution in [3.8, 4) is 0 Å². The molecule has 3 rings (SSSR count). The SMILES string of the molecule is c1ccc(N2CCN(Cc3ccncc3)CC2)nc1. The fourth-order valence-electron chi connectivity index (χ4n) is 2.42. The Morgan fingerprint density at radius 3 is 2.37 bits per heavy atom. The summed E-state index contributed by atoms with van der Waals surface area (Å²) < 4.78 is 0. The topological polar surface area (TPSA) is 32.3 Å². The van der Waals surface area contributed by atoms with Crippen molar-refractivity contribution in [3.63, 3.8) is 0 Å². The predicted molar refractivity (Wildman–Crippen MR) is 76.0 cm³/mol. The summed E-state index contributed by atoms with van der Waals surface area (Å²) in [5, 5.41) is 0. The molecule has 0 amide bonds. The third-order valence-electron chi connectivity index (χ3n) is 3.50. The molecule has 0 atom stereocenters. The second-order valence-electron chi connectivity index (χ2n) is 4.81. The standard InChI is InChI=1S/C15H18N4/c1-2-6-17-15(3-1)19-11-9-18(10-12-19)13-14-4-7-16-8-5-14/h1-8H,9-13H2. The maximum Gasteiger partial charge on any atom is 0.128 e. The van der Waals surface area contributed by atoms with Gasteiger partial charge >= 0.3 is 0 Å². The number of aromatic nitrogens is 2. The van der Waals surface area contributed by atoms with Crippen LogP contribution >= 0.6 is 0 Å². The van der Waals surface area contributed by atoms with Gasteiger partial charge in [-0.3, -0.25) is 9.88 Å². The van der Waals surface area contributed by atoms with Crippen molar-refractivity contribution in [2.75, 3.05) is 31.1 Å². The van der Waals surface area contributed by atoms with Crippen molar-refractivity contribution in [1.29, 1.82) is 0 Å². The van der Waals surface area contributed by atoms with Gasteiger partial charge in [-0.05, 0) is 29.8 Å². The highest BCUT2D eigenvalue weighted by Gasteiger charge is 2.17. The van der Waals surface area contributed by atoms with Gasteiger partial charge in [0.25, 0.3) is 0 Å². The number of pyridine rings is 2. The molecule has 19 heavy (non-hydrogen) atoms. The molecule has 0 aromatic carbocycles. The third-order valence-corrected chi connectivity index (χ3v) is 3.50. The summed E-state index contributed by atoms with van der Waals surface area (Å²) in [7, 11) is 0. The van der Waals surface area contributed by atoms with E-state index in [0.29, 0.717) is 0 Å². The number of hydrogen-bond acceptors (Lipinski definition) is 4. The molecule has 1 saturated heterocycles. The average molecular weight is 254 g/mol. The van der Waals surface area contributed by atoms with Crippen LogP contribution in [0, 0.1) is 0 Å². The molecule has 0 N–H and O–H groups in total. The Labute approximate surface area is 113 Å². The molecule has 0 bridgehead atoms. The summed E-state index contributed by atoms with van der Waals surface area (Å²) in [4.78, 5) is 13.3. The Morgan fingerprint density at radius 2 is 1.68 bits per heavy atom. The molecule has 98 valence electrons. The average Bonchev–Trinajstić information content (AvgIpc) is 2.50. The highest BCUT2D eigenvalue weighted by atomic mass is 15.3. The van der Waals surface area contributed by atoms with Crippen molar-refractivity contribution in [3.05, 3.63) is 54.5 Å².